The van der Waals surface area contributed by atoms with Crippen LogP contribution in [0.4, 0.5) is 0 Å². The molecule has 1 aliphatic heterocycles. The minimum Gasteiger partial charge on any atom is -0.358 e. The van der Waals surface area contributed by atoms with Gasteiger partial charge in [-0.1, -0.05) is 0 Å². The molecule has 1 aliphatic rings. The maximum atomic E-state index is 11.9. The van der Waals surface area contributed by atoms with Crippen molar-refractivity contribution in [2.75, 3.05) is 25.9 Å². The Morgan fingerprint density at radius 3 is 2.24 bits per heavy atom. The van der Waals surface area contributed by atoms with E-state index in [9.17, 15) is 18.0 Å². The molecule has 1 saturated heterocycles. The molecular formula is C10H18N2O4S. The Morgan fingerprint density at radius 2 is 1.82 bits per heavy atom. The van der Waals surface area contributed by atoms with Gasteiger partial charge >= 0.3 is 0 Å². The number of piperidine rings is 1. The zero-order valence-corrected chi connectivity index (χ0v) is 10.9. The van der Waals surface area contributed by atoms with Crippen LogP contribution in [0.15, 0.2) is 0 Å². The highest BCUT2D eigenvalue weighted by molar-refractivity contribution is 7.92. The van der Waals surface area contributed by atoms with E-state index >= 15 is 0 Å². The number of rotatable bonds is 3. The minimum absolute atomic E-state index is 0.0350. The summed E-state index contributed by atoms with van der Waals surface area (Å²) in [5.41, 5.74) is 0. The number of likely N-dealkylation sites (tertiary alicyclic amines) is 1. The summed E-state index contributed by atoms with van der Waals surface area (Å²) in [5, 5.41) is 1.80. The first-order valence-electron chi connectivity index (χ1n) is 5.54. The monoisotopic (exact) mass is 262 g/mol. The number of carbonyl (C=O) groups is 2. The number of nitrogens with one attached hydrogen (secondary N) is 1. The molecule has 0 spiro atoms. The molecule has 0 aromatic carbocycles. The fourth-order valence-corrected chi connectivity index (χ4v) is 3.58. The van der Waals surface area contributed by atoms with Crippen molar-refractivity contribution in [1.82, 2.24) is 10.2 Å². The highest BCUT2D eigenvalue weighted by atomic mass is 32.2. The quantitative estimate of drug-likeness (QED) is 0.718. The third-order valence-electron chi connectivity index (χ3n) is 3.01. The predicted octanol–water partition coefficient (Wildman–Crippen LogP) is -0.842. The van der Waals surface area contributed by atoms with Gasteiger partial charge in [0.15, 0.2) is 9.84 Å². The highest BCUT2D eigenvalue weighted by Gasteiger charge is 2.31. The van der Waals surface area contributed by atoms with Crippen molar-refractivity contribution in [2.45, 2.75) is 25.0 Å². The number of hydrogen-bond donors (Lipinski definition) is 1. The van der Waals surface area contributed by atoms with Gasteiger partial charge in [0.2, 0.25) is 11.8 Å². The van der Waals surface area contributed by atoms with Crippen molar-refractivity contribution in [3.05, 3.63) is 0 Å². The van der Waals surface area contributed by atoms with Crippen LogP contribution >= 0.6 is 0 Å². The van der Waals surface area contributed by atoms with Crippen LogP contribution < -0.4 is 5.32 Å². The fourth-order valence-electron chi connectivity index (χ4n) is 1.90. The Kier molecular flexibility index (Phi) is 4.50. The lowest BCUT2D eigenvalue weighted by atomic mass is 10.1. The van der Waals surface area contributed by atoms with Gasteiger partial charge in [0.05, 0.1) is 5.25 Å². The highest BCUT2D eigenvalue weighted by Crippen LogP contribution is 2.18. The lowest BCUT2D eigenvalue weighted by Gasteiger charge is -2.30. The molecule has 6 nitrogen and oxygen atoms in total. The zero-order valence-electron chi connectivity index (χ0n) is 10.1. The SMILES string of the molecule is CNC(=O)CS(=O)(=O)C1CCN(C(C)=O)CC1. The number of sulfone groups is 1. The van der Waals surface area contributed by atoms with Gasteiger partial charge in [-0.25, -0.2) is 8.42 Å². The molecule has 1 heterocycles. The molecule has 0 atom stereocenters. The number of nitrogens with zero attached hydrogens (tertiary/aromatic N) is 1. The normalized spacial score (nSPS) is 17.9. The molecule has 17 heavy (non-hydrogen) atoms. The van der Waals surface area contributed by atoms with Crippen molar-refractivity contribution in [2.24, 2.45) is 0 Å². The molecule has 2 amide bonds. The molecule has 1 N–H and O–H groups in total. The second-order valence-electron chi connectivity index (χ2n) is 4.19. The molecule has 7 heteroatoms. The predicted molar refractivity (Wildman–Crippen MR) is 63.1 cm³/mol. The van der Waals surface area contributed by atoms with Gasteiger partial charge in [-0.3, -0.25) is 9.59 Å². The molecule has 0 unspecified atom stereocenters. The van der Waals surface area contributed by atoms with E-state index in [1.807, 2.05) is 0 Å². The second-order valence-corrected chi connectivity index (χ2v) is 6.47. The summed E-state index contributed by atoms with van der Waals surface area (Å²) >= 11 is 0. The van der Waals surface area contributed by atoms with Gasteiger partial charge in [0.1, 0.15) is 5.75 Å². The van der Waals surface area contributed by atoms with Gasteiger partial charge in [-0.2, -0.15) is 0 Å². The Morgan fingerprint density at radius 1 is 1.29 bits per heavy atom. The van der Waals surface area contributed by atoms with Crippen LogP contribution in [0.2, 0.25) is 0 Å². The van der Waals surface area contributed by atoms with Crippen LogP contribution in [-0.2, 0) is 19.4 Å². The maximum absolute atomic E-state index is 11.9. The Balaban J connectivity index is 2.59. The summed E-state index contributed by atoms with van der Waals surface area (Å²) in [7, 11) is -1.98. The van der Waals surface area contributed by atoms with Crippen molar-refractivity contribution in [3.63, 3.8) is 0 Å². The third-order valence-corrected chi connectivity index (χ3v) is 5.16. The van der Waals surface area contributed by atoms with Crippen molar-refractivity contribution < 1.29 is 18.0 Å². The van der Waals surface area contributed by atoms with Crippen LogP contribution in [0.25, 0.3) is 0 Å². The van der Waals surface area contributed by atoms with Gasteiger partial charge < -0.3 is 10.2 Å². The average Bonchev–Trinajstić information content (AvgIpc) is 2.28. The third kappa shape index (κ3) is 3.69. The van der Waals surface area contributed by atoms with E-state index in [4.69, 9.17) is 0 Å². The summed E-state index contributed by atoms with van der Waals surface area (Å²) in [6.45, 7) is 2.37. The summed E-state index contributed by atoms with van der Waals surface area (Å²) in [6, 6.07) is 0. The van der Waals surface area contributed by atoms with E-state index in [-0.39, 0.29) is 5.91 Å². The topological polar surface area (TPSA) is 83.6 Å². The van der Waals surface area contributed by atoms with Gasteiger partial charge in [-0.05, 0) is 12.8 Å². The number of amides is 2. The van der Waals surface area contributed by atoms with E-state index < -0.39 is 26.7 Å². The van der Waals surface area contributed by atoms with Crippen molar-refractivity contribution in [3.8, 4) is 0 Å². The lowest BCUT2D eigenvalue weighted by Crippen LogP contribution is -2.43. The number of carbonyl (C=O) groups excluding carboxylic acids is 2. The number of hydrogen-bond acceptors (Lipinski definition) is 4. The van der Waals surface area contributed by atoms with Gasteiger partial charge in [-0.15, -0.1) is 0 Å². The Bertz CT molecular complexity index is 397. The first-order valence-corrected chi connectivity index (χ1v) is 7.26. The fraction of sp³-hybridized carbons (Fsp3) is 0.800. The lowest BCUT2D eigenvalue weighted by molar-refractivity contribution is -0.129. The molecule has 0 aromatic heterocycles. The molecular weight excluding hydrogens is 244 g/mol. The van der Waals surface area contributed by atoms with Crippen molar-refractivity contribution >= 4 is 21.7 Å². The molecule has 98 valence electrons. The summed E-state index contributed by atoms with van der Waals surface area (Å²) in [5.74, 6) is -0.986. The molecule has 0 radical (unpaired) electrons. The standard InChI is InChI=1S/C10H18N2O4S/c1-8(13)12-5-3-9(4-6-12)17(15,16)7-10(14)11-2/h9H,3-7H2,1-2H3,(H,11,14). The van der Waals surface area contributed by atoms with Crippen LogP contribution in [0, 0.1) is 0 Å². The minimum atomic E-state index is -3.39. The largest absolute Gasteiger partial charge is 0.358 e. The molecule has 1 fully saturated rings. The summed E-state index contributed by atoms with van der Waals surface area (Å²) in [4.78, 5) is 23.8. The van der Waals surface area contributed by atoms with Gasteiger partial charge in [0.25, 0.3) is 0 Å². The first-order chi connectivity index (χ1) is 7.86. The molecule has 0 saturated carbocycles. The average molecular weight is 262 g/mol. The Hall–Kier alpha value is -1.11. The molecule has 0 aliphatic carbocycles. The van der Waals surface area contributed by atoms with Crippen LogP contribution in [-0.4, -0.2) is 56.3 Å². The summed E-state index contributed by atoms with van der Waals surface area (Å²) < 4.78 is 23.7. The van der Waals surface area contributed by atoms with Crippen molar-refractivity contribution in [1.29, 1.82) is 0 Å². The van der Waals surface area contributed by atoms with E-state index in [1.165, 1.54) is 14.0 Å². The van der Waals surface area contributed by atoms with Crippen LogP contribution in [0.1, 0.15) is 19.8 Å². The maximum Gasteiger partial charge on any atom is 0.234 e. The van der Waals surface area contributed by atoms with Gasteiger partial charge in [0, 0.05) is 27.1 Å². The van der Waals surface area contributed by atoms with Crippen LogP contribution in [0.3, 0.4) is 0 Å². The Labute approximate surface area is 101 Å². The second kappa shape index (κ2) is 5.48. The smallest absolute Gasteiger partial charge is 0.234 e. The van der Waals surface area contributed by atoms with Crippen LogP contribution in [0.5, 0.6) is 0 Å². The zero-order chi connectivity index (χ0) is 13.1. The van der Waals surface area contributed by atoms with E-state index in [1.54, 1.807) is 4.90 Å². The van der Waals surface area contributed by atoms with E-state index in [0.29, 0.717) is 25.9 Å². The first kappa shape index (κ1) is 14.0. The van der Waals surface area contributed by atoms with E-state index in [0.717, 1.165) is 0 Å². The molecule has 1 rings (SSSR count). The molecule has 0 aromatic rings. The van der Waals surface area contributed by atoms with E-state index in [2.05, 4.69) is 5.32 Å². The summed E-state index contributed by atoms with van der Waals surface area (Å²) in [6.07, 6.45) is 0.831. The molecule has 0 bridgehead atoms.